The van der Waals surface area contributed by atoms with Gasteiger partial charge in [0.15, 0.2) is 0 Å². The first-order chi connectivity index (χ1) is 13.5. The molecule has 6 nitrogen and oxygen atoms in total. The second-order valence-electron chi connectivity index (χ2n) is 7.32. The largest absolute Gasteiger partial charge is 0.372 e. The minimum absolute atomic E-state index is 0.0543. The van der Waals surface area contributed by atoms with Gasteiger partial charge in [-0.05, 0) is 37.6 Å². The number of hydrogen-bond acceptors (Lipinski definition) is 4. The number of hydrogen-bond donors (Lipinski definition) is 0. The fraction of sp³-hybridized carbons (Fsp3) is 0.318. The van der Waals surface area contributed by atoms with Crippen LogP contribution in [0.5, 0.6) is 0 Å². The van der Waals surface area contributed by atoms with Gasteiger partial charge >= 0.3 is 0 Å². The molecular formula is C22H23N3O3. The van der Waals surface area contributed by atoms with Gasteiger partial charge in [-0.15, -0.1) is 0 Å². The molecule has 0 aliphatic carbocycles. The fourth-order valence-corrected chi connectivity index (χ4v) is 3.79. The van der Waals surface area contributed by atoms with Gasteiger partial charge in [0.25, 0.3) is 11.5 Å². The van der Waals surface area contributed by atoms with Gasteiger partial charge in [0.2, 0.25) is 0 Å². The quantitative estimate of drug-likeness (QED) is 0.704. The number of ether oxygens (including phenoxy) is 1. The molecule has 28 heavy (non-hydrogen) atoms. The minimum Gasteiger partial charge on any atom is -0.372 e. The van der Waals surface area contributed by atoms with Crippen molar-refractivity contribution in [1.82, 2.24) is 14.5 Å². The summed E-state index contributed by atoms with van der Waals surface area (Å²) in [7, 11) is 0. The molecule has 0 spiro atoms. The van der Waals surface area contributed by atoms with Crippen LogP contribution in [0.3, 0.4) is 0 Å². The van der Waals surface area contributed by atoms with E-state index in [0.29, 0.717) is 25.3 Å². The van der Waals surface area contributed by atoms with E-state index >= 15 is 0 Å². The molecule has 144 valence electrons. The molecular weight excluding hydrogens is 354 g/mol. The van der Waals surface area contributed by atoms with Crippen LogP contribution in [-0.4, -0.2) is 45.7 Å². The third-order valence-electron chi connectivity index (χ3n) is 4.97. The summed E-state index contributed by atoms with van der Waals surface area (Å²) in [6.07, 6.45) is 1.55. The molecule has 1 aliphatic heterocycles. The minimum atomic E-state index is -0.313. The summed E-state index contributed by atoms with van der Waals surface area (Å²) < 4.78 is 7.31. The van der Waals surface area contributed by atoms with Crippen molar-refractivity contribution in [2.75, 3.05) is 13.1 Å². The first-order valence-electron chi connectivity index (χ1n) is 9.50. The van der Waals surface area contributed by atoms with Gasteiger partial charge in [-0.25, -0.2) is 4.98 Å². The molecule has 0 bridgehead atoms. The van der Waals surface area contributed by atoms with Crippen LogP contribution in [0, 0.1) is 0 Å². The first-order valence-corrected chi connectivity index (χ1v) is 9.50. The van der Waals surface area contributed by atoms with Crippen molar-refractivity contribution in [3.05, 3.63) is 76.2 Å². The number of pyridine rings is 2. The molecule has 3 aromatic rings. The summed E-state index contributed by atoms with van der Waals surface area (Å²) in [6, 6.07) is 15.1. The molecule has 2 atom stereocenters. The third-order valence-corrected chi connectivity index (χ3v) is 4.97. The van der Waals surface area contributed by atoms with Crippen molar-refractivity contribution >= 4 is 16.9 Å². The maximum absolute atomic E-state index is 13.3. The highest BCUT2D eigenvalue weighted by Crippen LogP contribution is 2.17. The molecule has 1 saturated heterocycles. The van der Waals surface area contributed by atoms with E-state index in [1.807, 2.05) is 56.3 Å². The van der Waals surface area contributed by atoms with Crippen molar-refractivity contribution in [2.45, 2.75) is 32.6 Å². The van der Waals surface area contributed by atoms with Crippen LogP contribution in [0.4, 0.5) is 0 Å². The van der Waals surface area contributed by atoms with Crippen molar-refractivity contribution in [1.29, 1.82) is 0 Å². The predicted octanol–water partition coefficient (Wildman–Crippen LogP) is 2.69. The molecule has 1 aliphatic rings. The fourth-order valence-electron chi connectivity index (χ4n) is 3.79. The summed E-state index contributed by atoms with van der Waals surface area (Å²) in [5, 5.41) is 0.774. The number of fused-ring (bicyclic) bond motifs is 1. The highest BCUT2D eigenvalue weighted by atomic mass is 16.5. The van der Waals surface area contributed by atoms with E-state index in [1.54, 1.807) is 21.7 Å². The smallest absolute Gasteiger partial charge is 0.265 e. The van der Waals surface area contributed by atoms with Crippen molar-refractivity contribution in [2.24, 2.45) is 0 Å². The highest BCUT2D eigenvalue weighted by Gasteiger charge is 2.28. The van der Waals surface area contributed by atoms with E-state index in [2.05, 4.69) is 4.98 Å². The molecule has 6 heteroatoms. The Morgan fingerprint density at radius 1 is 1.11 bits per heavy atom. The number of nitrogens with zero attached hydrogens (tertiary/aromatic N) is 3. The van der Waals surface area contributed by atoms with Crippen molar-refractivity contribution in [3.8, 4) is 0 Å². The zero-order valence-electron chi connectivity index (χ0n) is 16.0. The molecule has 2 unspecified atom stereocenters. The predicted molar refractivity (Wildman–Crippen MR) is 107 cm³/mol. The van der Waals surface area contributed by atoms with Crippen LogP contribution in [-0.2, 0) is 11.3 Å². The molecule has 4 rings (SSSR count). The summed E-state index contributed by atoms with van der Waals surface area (Å²) in [5.74, 6) is -0.250. The Hall–Kier alpha value is -2.99. The Kier molecular flexibility index (Phi) is 4.96. The molecule has 0 saturated carbocycles. The van der Waals surface area contributed by atoms with Gasteiger partial charge in [-0.2, -0.15) is 0 Å². The summed E-state index contributed by atoms with van der Waals surface area (Å²) in [4.78, 5) is 32.6. The molecule has 3 heterocycles. The van der Waals surface area contributed by atoms with E-state index in [-0.39, 0.29) is 29.2 Å². The normalized spacial score (nSPS) is 19.7. The summed E-state index contributed by atoms with van der Waals surface area (Å²) in [6.45, 7) is 5.20. The lowest BCUT2D eigenvalue weighted by molar-refractivity contribution is -0.0586. The van der Waals surface area contributed by atoms with Crippen LogP contribution in [0.2, 0.25) is 0 Å². The monoisotopic (exact) mass is 377 g/mol. The molecule has 0 N–H and O–H groups in total. The SMILES string of the molecule is CC1CN(C(=O)c2cc3cccnc3n(Cc3ccccc3)c2=O)CC(C)O1. The van der Waals surface area contributed by atoms with Gasteiger partial charge in [0, 0.05) is 24.7 Å². The standard InChI is InChI=1S/C22H23N3O3/c1-15-12-24(13-16(2)28-15)21(26)19-11-18-9-6-10-23-20(18)25(22(19)27)14-17-7-4-3-5-8-17/h3-11,15-16H,12-14H2,1-2H3. The Bertz CT molecular complexity index is 1050. The summed E-state index contributed by atoms with van der Waals surface area (Å²) in [5.41, 5.74) is 1.43. The number of rotatable bonds is 3. The van der Waals surface area contributed by atoms with E-state index in [4.69, 9.17) is 4.74 Å². The molecule has 1 amide bonds. The number of amides is 1. The average molecular weight is 377 g/mol. The first kappa shape index (κ1) is 18.4. The van der Waals surface area contributed by atoms with E-state index in [0.717, 1.165) is 10.9 Å². The van der Waals surface area contributed by atoms with Crippen LogP contribution in [0.1, 0.15) is 29.8 Å². The van der Waals surface area contributed by atoms with Gasteiger partial charge in [0.05, 0.1) is 18.8 Å². The molecule has 0 radical (unpaired) electrons. The van der Waals surface area contributed by atoms with E-state index < -0.39 is 0 Å². The van der Waals surface area contributed by atoms with Gasteiger partial charge in [-0.3, -0.25) is 14.2 Å². The van der Waals surface area contributed by atoms with Gasteiger partial charge in [-0.1, -0.05) is 30.3 Å². The topological polar surface area (TPSA) is 64.4 Å². The number of carbonyl (C=O) groups is 1. The van der Waals surface area contributed by atoms with Crippen LogP contribution in [0.15, 0.2) is 59.5 Å². The van der Waals surface area contributed by atoms with Crippen molar-refractivity contribution < 1.29 is 9.53 Å². The van der Waals surface area contributed by atoms with Gasteiger partial charge in [0.1, 0.15) is 11.2 Å². The summed E-state index contributed by atoms with van der Waals surface area (Å²) >= 11 is 0. The zero-order chi connectivity index (χ0) is 19.7. The lowest BCUT2D eigenvalue weighted by Crippen LogP contribution is -2.49. The maximum atomic E-state index is 13.3. The van der Waals surface area contributed by atoms with Crippen molar-refractivity contribution in [3.63, 3.8) is 0 Å². The second kappa shape index (κ2) is 7.56. The zero-order valence-corrected chi connectivity index (χ0v) is 16.0. The Labute approximate surface area is 163 Å². The molecule has 2 aromatic heterocycles. The van der Waals surface area contributed by atoms with E-state index in [9.17, 15) is 9.59 Å². The number of morpholine rings is 1. The Balaban J connectivity index is 1.80. The van der Waals surface area contributed by atoms with Gasteiger partial charge < -0.3 is 9.64 Å². The van der Waals surface area contributed by atoms with E-state index in [1.165, 1.54) is 0 Å². The number of carbonyl (C=O) groups excluding carboxylic acids is 1. The molecule has 1 aromatic carbocycles. The Morgan fingerprint density at radius 2 is 1.82 bits per heavy atom. The van der Waals surface area contributed by atoms with Crippen LogP contribution >= 0.6 is 0 Å². The lowest BCUT2D eigenvalue weighted by Gasteiger charge is -2.35. The maximum Gasteiger partial charge on any atom is 0.265 e. The van der Waals surface area contributed by atoms with Crippen LogP contribution < -0.4 is 5.56 Å². The highest BCUT2D eigenvalue weighted by molar-refractivity contribution is 5.97. The lowest BCUT2D eigenvalue weighted by atomic mass is 10.1. The number of aromatic nitrogens is 2. The Morgan fingerprint density at radius 3 is 2.54 bits per heavy atom. The third kappa shape index (κ3) is 3.55. The second-order valence-corrected chi connectivity index (χ2v) is 7.32. The average Bonchev–Trinajstić information content (AvgIpc) is 2.69. The number of benzene rings is 1. The van der Waals surface area contributed by atoms with Crippen LogP contribution in [0.25, 0.3) is 11.0 Å². The molecule has 1 fully saturated rings.